The van der Waals surface area contributed by atoms with Gasteiger partial charge in [0.1, 0.15) is 5.82 Å². The molecule has 84 valence electrons. The largest absolute Gasteiger partial charge is 0.363 e. The Bertz CT molecular complexity index is 352. The topological polar surface area (TPSA) is 33.1 Å². The van der Waals surface area contributed by atoms with Crippen LogP contribution in [0.5, 0.6) is 0 Å². The Hall–Kier alpha value is -1.03. The lowest BCUT2D eigenvalue weighted by molar-refractivity contribution is 0.525. The second-order valence-corrected chi connectivity index (χ2v) is 4.61. The van der Waals surface area contributed by atoms with Gasteiger partial charge in [0.15, 0.2) is 0 Å². The zero-order valence-corrected chi connectivity index (χ0v) is 10.0. The van der Waals surface area contributed by atoms with Crippen LogP contribution in [0.1, 0.15) is 31.1 Å². The molecule has 15 heavy (non-hydrogen) atoms. The van der Waals surface area contributed by atoms with Crippen LogP contribution in [0.2, 0.25) is 0 Å². The van der Waals surface area contributed by atoms with Crippen molar-refractivity contribution in [3.8, 4) is 0 Å². The van der Waals surface area contributed by atoms with Gasteiger partial charge in [-0.25, -0.2) is 4.68 Å². The molecule has 0 radical (unpaired) electrons. The molecule has 0 aliphatic carbocycles. The summed E-state index contributed by atoms with van der Waals surface area (Å²) >= 11 is 0. The van der Waals surface area contributed by atoms with Gasteiger partial charge in [-0.2, -0.15) is 5.10 Å². The first kappa shape index (κ1) is 10.5. The second-order valence-electron chi connectivity index (χ2n) is 4.61. The second kappa shape index (κ2) is 3.85. The first-order chi connectivity index (χ1) is 7.11. The standard InChI is InChI=1S/C11H20N4/c1-8(2)15-11(14(3)4)9-7-12-6-5-10(9)13-15/h8,12H,5-7H2,1-4H3. The highest BCUT2D eigenvalue weighted by Crippen LogP contribution is 2.27. The Kier molecular flexibility index (Phi) is 2.69. The van der Waals surface area contributed by atoms with Crippen molar-refractivity contribution in [2.24, 2.45) is 0 Å². The molecule has 0 saturated heterocycles. The Balaban J connectivity index is 2.51. The first-order valence-corrected chi connectivity index (χ1v) is 5.59. The third kappa shape index (κ3) is 1.74. The molecule has 2 rings (SSSR count). The smallest absolute Gasteiger partial charge is 0.131 e. The van der Waals surface area contributed by atoms with E-state index in [0.717, 1.165) is 19.5 Å². The predicted molar refractivity (Wildman–Crippen MR) is 62.3 cm³/mol. The molecule has 0 atom stereocenters. The Labute approximate surface area is 91.3 Å². The lowest BCUT2D eigenvalue weighted by atomic mass is 10.1. The molecule has 1 aromatic rings. The Morgan fingerprint density at radius 3 is 2.73 bits per heavy atom. The fourth-order valence-electron chi connectivity index (χ4n) is 2.14. The maximum absolute atomic E-state index is 4.71. The van der Waals surface area contributed by atoms with Crippen molar-refractivity contribution in [1.29, 1.82) is 0 Å². The summed E-state index contributed by atoms with van der Waals surface area (Å²) in [7, 11) is 4.18. The molecule has 1 aliphatic heterocycles. The van der Waals surface area contributed by atoms with Gasteiger partial charge in [0.25, 0.3) is 0 Å². The number of nitrogens with zero attached hydrogens (tertiary/aromatic N) is 3. The highest BCUT2D eigenvalue weighted by atomic mass is 15.4. The molecule has 4 nitrogen and oxygen atoms in total. The van der Waals surface area contributed by atoms with Crippen molar-refractivity contribution in [1.82, 2.24) is 15.1 Å². The molecule has 0 amide bonds. The van der Waals surface area contributed by atoms with Gasteiger partial charge in [0, 0.05) is 45.2 Å². The molecule has 0 spiro atoms. The highest BCUT2D eigenvalue weighted by molar-refractivity contribution is 5.50. The van der Waals surface area contributed by atoms with Crippen molar-refractivity contribution >= 4 is 5.82 Å². The van der Waals surface area contributed by atoms with E-state index in [4.69, 9.17) is 5.10 Å². The molecule has 0 bridgehead atoms. The minimum absolute atomic E-state index is 0.424. The summed E-state index contributed by atoms with van der Waals surface area (Å²) in [5.74, 6) is 1.26. The van der Waals surface area contributed by atoms with Crippen LogP contribution >= 0.6 is 0 Å². The van der Waals surface area contributed by atoms with Gasteiger partial charge in [-0.3, -0.25) is 0 Å². The third-order valence-corrected chi connectivity index (χ3v) is 2.82. The van der Waals surface area contributed by atoms with Gasteiger partial charge < -0.3 is 10.2 Å². The zero-order valence-electron chi connectivity index (χ0n) is 10.0. The van der Waals surface area contributed by atoms with E-state index in [1.54, 1.807) is 0 Å². The number of hydrogen-bond donors (Lipinski definition) is 1. The quantitative estimate of drug-likeness (QED) is 0.792. The normalized spacial score (nSPS) is 15.5. The molecule has 1 aromatic heterocycles. The average molecular weight is 208 g/mol. The van der Waals surface area contributed by atoms with Crippen LogP contribution in [-0.4, -0.2) is 30.4 Å². The van der Waals surface area contributed by atoms with E-state index in [9.17, 15) is 0 Å². The monoisotopic (exact) mass is 208 g/mol. The van der Waals surface area contributed by atoms with Crippen LogP contribution < -0.4 is 10.2 Å². The molecular weight excluding hydrogens is 188 g/mol. The molecule has 4 heteroatoms. The van der Waals surface area contributed by atoms with Crippen LogP contribution in [0, 0.1) is 0 Å². The van der Waals surface area contributed by atoms with E-state index >= 15 is 0 Å². The van der Waals surface area contributed by atoms with E-state index in [0.29, 0.717) is 6.04 Å². The first-order valence-electron chi connectivity index (χ1n) is 5.59. The number of nitrogens with one attached hydrogen (secondary N) is 1. The SMILES string of the molecule is CC(C)n1nc2c(c1N(C)C)CNCC2. The lowest BCUT2D eigenvalue weighted by Crippen LogP contribution is -2.25. The maximum Gasteiger partial charge on any atom is 0.131 e. The summed E-state index contributed by atoms with van der Waals surface area (Å²) in [6.45, 7) is 6.36. The average Bonchev–Trinajstić information content (AvgIpc) is 2.56. The molecule has 1 aliphatic rings. The fourth-order valence-corrected chi connectivity index (χ4v) is 2.14. The highest BCUT2D eigenvalue weighted by Gasteiger charge is 2.22. The van der Waals surface area contributed by atoms with Crippen LogP contribution in [0.3, 0.4) is 0 Å². The molecule has 2 heterocycles. The molecule has 0 unspecified atom stereocenters. The lowest BCUT2D eigenvalue weighted by Gasteiger charge is -2.20. The minimum Gasteiger partial charge on any atom is -0.363 e. The van der Waals surface area contributed by atoms with E-state index in [1.165, 1.54) is 17.1 Å². The fraction of sp³-hybridized carbons (Fsp3) is 0.727. The molecule has 1 N–H and O–H groups in total. The summed E-state index contributed by atoms with van der Waals surface area (Å²) in [6.07, 6.45) is 1.05. The summed E-state index contributed by atoms with van der Waals surface area (Å²) in [6, 6.07) is 0.424. The van der Waals surface area contributed by atoms with Crippen molar-refractivity contribution in [3.63, 3.8) is 0 Å². The number of hydrogen-bond acceptors (Lipinski definition) is 3. The number of aromatic nitrogens is 2. The maximum atomic E-state index is 4.71. The van der Waals surface area contributed by atoms with Crippen LogP contribution in [0.4, 0.5) is 5.82 Å². The van der Waals surface area contributed by atoms with Gasteiger partial charge >= 0.3 is 0 Å². The van der Waals surface area contributed by atoms with Gasteiger partial charge in [-0.1, -0.05) is 0 Å². The van der Waals surface area contributed by atoms with Crippen molar-refractivity contribution in [3.05, 3.63) is 11.3 Å². The van der Waals surface area contributed by atoms with Crippen molar-refractivity contribution in [2.45, 2.75) is 32.9 Å². The van der Waals surface area contributed by atoms with Crippen LogP contribution in [-0.2, 0) is 13.0 Å². The number of rotatable bonds is 2. The predicted octanol–water partition coefficient (Wildman–Crippen LogP) is 1.18. The van der Waals surface area contributed by atoms with Gasteiger partial charge in [0.05, 0.1) is 5.69 Å². The number of anilines is 1. The van der Waals surface area contributed by atoms with Gasteiger partial charge in [-0.05, 0) is 13.8 Å². The Morgan fingerprint density at radius 2 is 2.13 bits per heavy atom. The molecule has 0 saturated carbocycles. The molecular formula is C11H20N4. The third-order valence-electron chi connectivity index (χ3n) is 2.82. The molecule has 0 aromatic carbocycles. The van der Waals surface area contributed by atoms with E-state index in [2.05, 4.69) is 42.8 Å². The zero-order chi connectivity index (χ0) is 11.0. The van der Waals surface area contributed by atoms with Crippen molar-refractivity contribution in [2.75, 3.05) is 25.5 Å². The Morgan fingerprint density at radius 1 is 1.40 bits per heavy atom. The summed E-state index contributed by atoms with van der Waals surface area (Å²) in [5.41, 5.74) is 2.64. The summed E-state index contributed by atoms with van der Waals surface area (Å²) < 4.78 is 2.14. The van der Waals surface area contributed by atoms with Crippen molar-refractivity contribution < 1.29 is 0 Å². The van der Waals surface area contributed by atoms with E-state index in [1.807, 2.05) is 0 Å². The van der Waals surface area contributed by atoms with Crippen LogP contribution in [0.25, 0.3) is 0 Å². The molecule has 0 fully saturated rings. The van der Waals surface area contributed by atoms with Gasteiger partial charge in [-0.15, -0.1) is 0 Å². The van der Waals surface area contributed by atoms with E-state index < -0.39 is 0 Å². The van der Waals surface area contributed by atoms with Gasteiger partial charge in [0.2, 0.25) is 0 Å². The minimum atomic E-state index is 0.424. The summed E-state index contributed by atoms with van der Waals surface area (Å²) in [5, 5.41) is 8.11. The van der Waals surface area contributed by atoms with E-state index in [-0.39, 0.29) is 0 Å². The van der Waals surface area contributed by atoms with Crippen LogP contribution in [0.15, 0.2) is 0 Å². The summed E-state index contributed by atoms with van der Waals surface area (Å²) in [4.78, 5) is 2.17. The number of fused-ring (bicyclic) bond motifs is 1.